The maximum atomic E-state index is 13.3. The highest BCUT2D eigenvalue weighted by Gasteiger charge is 2.27. The number of rotatable bonds is 5. The van der Waals surface area contributed by atoms with Crippen LogP contribution in [0, 0.1) is 11.3 Å². The van der Waals surface area contributed by atoms with Crippen LogP contribution in [0.4, 0.5) is 5.69 Å². The number of anilines is 1. The van der Waals surface area contributed by atoms with Crippen LogP contribution >= 0.6 is 0 Å². The number of ether oxygens (including phenoxy) is 1. The normalized spacial score (nSPS) is 17.9. The summed E-state index contributed by atoms with van der Waals surface area (Å²) in [6.45, 7) is 2.82. The van der Waals surface area contributed by atoms with Crippen LogP contribution in [0.2, 0.25) is 0 Å². The third kappa shape index (κ3) is 4.96. The Morgan fingerprint density at radius 1 is 1.09 bits per heavy atom. The van der Waals surface area contributed by atoms with E-state index < -0.39 is 0 Å². The lowest BCUT2D eigenvalue weighted by Gasteiger charge is -2.34. The van der Waals surface area contributed by atoms with E-state index in [1.807, 2.05) is 64.6 Å². The van der Waals surface area contributed by atoms with Crippen LogP contribution < -0.4 is 15.0 Å². The Balaban J connectivity index is 1.49. The zero-order valence-electron chi connectivity index (χ0n) is 19.4. The molecule has 2 aromatic carbocycles. The van der Waals surface area contributed by atoms with Gasteiger partial charge >= 0.3 is 0 Å². The van der Waals surface area contributed by atoms with Crippen LogP contribution in [0.5, 0.6) is 5.75 Å². The maximum Gasteiger partial charge on any atom is 0.253 e. The zero-order chi connectivity index (χ0) is 24.1. The summed E-state index contributed by atoms with van der Waals surface area (Å²) in [6, 6.07) is 15.3. The van der Waals surface area contributed by atoms with Gasteiger partial charge in [0.25, 0.3) is 5.91 Å². The summed E-state index contributed by atoms with van der Waals surface area (Å²) < 4.78 is 5.55. The van der Waals surface area contributed by atoms with Gasteiger partial charge in [-0.3, -0.25) is 9.59 Å². The number of carbonyl (C=O) groups excluding carboxylic acids is 2. The van der Waals surface area contributed by atoms with Crippen molar-refractivity contribution in [3.8, 4) is 11.8 Å². The molecule has 0 bridgehead atoms. The van der Waals surface area contributed by atoms with Crippen molar-refractivity contribution in [3.05, 3.63) is 83.6 Å². The van der Waals surface area contributed by atoms with Crippen LogP contribution in [0.25, 0.3) is 0 Å². The van der Waals surface area contributed by atoms with Gasteiger partial charge in [0.2, 0.25) is 5.91 Å². The first kappa shape index (κ1) is 23.1. The van der Waals surface area contributed by atoms with Gasteiger partial charge in [-0.1, -0.05) is 18.2 Å². The van der Waals surface area contributed by atoms with Gasteiger partial charge in [-0.2, -0.15) is 5.26 Å². The Morgan fingerprint density at radius 2 is 1.82 bits per heavy atom. The number of methoxy groups -OCH3 is 1. The van der Waals surface area contributed by atoms with Crippen molar-refractivity contribution in [2.45, 2.75) is 31.8 Å². The largest absolute Gasteiger partial charge is 0.495 e. The first-order valence-corrected chi connectivity index (χ1v) is 11.4. The third-order valence-corrected chi connectivity index (χ3v) is 6.30. The fourth-order valence-electron chi connectivity index (χ4n) is 4.51. The molecule has 0 spiro atoms. The Morgan fingerprint density at radius 3 is 2.47 bits per heavy atom. The molecule has 1 fully saturated rings. The highest BCUT2D eigenvalue weighted by molar-refractivity contribution is 5.96. The van der Waals surface area contributed by atoms with Crippen LogP contribution in [0.15, 0.2) is 66.9 Å². The molecule has 2 heterocycles. The maximum absolute atomic E-state index is 13.3. The third-order valence-electron chi connectivity index (χ3n) is 6.30. The Kier molecular flexibility index (Phi) is 6.98. The minimum atomic E-state index is -0.370. The molecular formula is C27H28N4O3. The average Bonchev–Trinajstić information content (AvgIpc) is 2.88. The molecule has 1 N–H and O–H groups in total. The number of carbonyl (C=O) groups is 2. The van der Waals surface area contributed by atoms with E-state index in [2.05, 4.69) is 11.4 Å². The Labute approximate surface area is 199 Å². The van der Waals surface area contributed by atoms with Crippen molar-refractivity contribution >= 4 is 17.5 Å². The standard InChI is InChI=1S/C27H28N4O3/c1-19(32)29-26-5-3-4-14-31(26)24-17-23(10-11-25(24)34-2)27(33)30-15-12-22(13-16-30)21-8-6-20(18-28)7-9-21/h3-11,14,17,22,26H,12-13,15-16H2,1-2H3,(H,29,32). The van der Waals surface area contributed by atoms with Crippen LogP contribution in [0.1, 0.15) is 47.2 Å². The number of nitriles is 1. The molecule has 34 heavy (non-hydrogen) atoms. The lowest BCUT2D eigenvalue weighted by atomic mass is 9.89. The van der Waals surface area contributed by atoms with Gasteiger partial charge in [-0.05, 0) is 66.8 Å². The second-order valence-corrected chi connectivity index (χ2v) is 8.47. The van der Waals surface area contributed by atoms with Crippen molar-refractivity contribution in [1.82, 2.24) is 10.2 Å². The summed E-state index contributed by atoms with van der Waals surface area (Å²) in [5.74, 6) is 0.833. The number of hydrogen-bond acceptors (Lipinski definition) is 5. The molecule has 1 atom stereocenters. The van der Waals surface area contributed by atoms with E-state index in [0.717, 1.165) is 12.8 Å². The summed E-state index contributed by atoms with van der Waals surface area (Å²) in [6.07, 6.45) is 8.87. The number of piperidine rings is 1. The van der Waals surface area contributed by atoms with Crippen molar-refractivity contribution in [2.75, 3.05) is 25.1 Å². The molecule has 174 valence electrons. The van der Waals surface area contributed by atoms with E-state index in [1.165, 1.54) is 12.5 Å². The molecule has 0 radical (unpaired) electrons. The number of allylic oxidation sites excluding steroid dienone is 2. The minimum Gasteiger partial charge on any atom is -0.495 e. The van der Waals surface area contributed by atoms with Gasteiger partial charge in [0.1, 0.15) is 11.9 Å². The van der Waals surface area contributed by atoms with Gasteiger partial charge < -0.3 is 19.9 Å². The molecular weight excluding hydrogens is 428 g/mol. The second-order valence-electron chi connectivity index (χ2n) is 8.47. The van der Waals surface area contributed by atoms with Gasteiger partial charge in [0, 0.05) is 31.8 Å². The number of likely N-dealkylation sites (tertiary alicyclic amines) is 1. The Bertz CT molecular complexity index is 1160. The molecule has 0 aromatic heterocycles. The molecule has 2 aliphatic heterocycles. The van der Waals surface area contributed by atoms with Gasteiger partial charge in [0.15, 0.2) is 0 Å². The molecule has 0 aliphatic carbocycles. The Hall–Kier alpha value is -4.05. The molecule has 7 nitrogen and oxygen atoms in total. The minimum absolute atomic E-state index is 0.0187. The number of benzene rings is 2. The van der Waals surface area contributed by atoms with Crippen LogP contribution in [-0.4, -0.2) is 43.1 Å². The molecule has 1 saturated heterocycles. The highest BCUT2D eigenvalue weighted by Crippen LogP contribution is 2.34. The SMILES string of the molecule is COc1ccc(C(=O)N2CCC(c3ccc(C#N)cc3)CC2)cc1N1C=CC=CC1NC(C)=O. The fourth-order valence-corrected chi connectivity index (χ4v) is 4.51. The molecule has 2 amide bonds. The summed E-state index contributed by atoms with van der Waals surface area (Å²) in [7, 11) is 1.59. The fraction of sp³-hybridized carbons (Fsp3) is 0.296. The van der Waals surface area contributed by atoms with Crippen molar-refractivity contribution in [3.63, 3.8) is 0 Å². The zero-order valence-corrected chi connectivity index (χ0v) is 19.4. The first-order valence-electron chi connectivity index (χ1n) is 11.4. The molecule has 2 aliphatic rings. The molecule has 4 rings (SSSR count). The van der Waals surface area contributed by atoms with E-state index >= 15 is 0 Å². The highest BCUT2D eigenvalue weighted by atomic mass is 16.5. The van der Waals surface area contributed by atoms with Crippen molar-refractivity contribution in [2.24, 2.45) is 0 Å². The molecule has 2 aromatic rings. The molecule has 7 heteroatoms. The van der Waals surface area contributed by atoms with E-state index in [9.17, 15) is 9.59 Å². The van der Waals surface area contributed by atoms with E-state index in [4.69, 9.17) is 10.00 Å². The van der Waals surface area contributed by atoms with Gasteiger partial charge in [0.05, 0.1) is 24.4 Å². The predicted octanol–water partition coefficient (Wildman–Crippen LogP) is 3.94. The topological polar surface area (TPSA) is 85.7 Å². The molecule has 1 unspecified atom stereocenters. The summed E-state index contributed by atoms with van der Waals surface area (Å²) in [4.78, 5) is 28.8. The second kappa shape index (κ2) is 10.3. The van der Waals surface area contributed by atoms with Crippen molar-refractivity contribution in [1.29, 1.82) is 5.26 Å². The lowest BCUT2D eigenvalue weighted by molar-refractivity contribution is -0.119. The molecule has 0 saturated carbocycles. The van der Waals surface area contributed by atoms with Crippen LogP contribution in [-0.2, 0) is 4.79 Å². The number of amides is 2. The number of hydrogen-bond donors (Lipinski definition) is 1. The van der Waals surface area contributed by atoms with E-state index in [-0.39, 0.29) is 18.0 Å². The quantitative estimate of drug-likeness (QED) is 0.737. The van der Waals surface area contributed by atoms with E-state index in [1.54, 1.807) is 19.2 Å². The number of nitrogens with one attached hydrogen (secondary N) is 1. The summed E-state index contributed by atoms with van der Waals surface area (Å²) in [5, 5.41) is 11.9. The smallest absolute Gasteiger partial charge is 0.253 e. The monoisotopic (exact) mass is 456 g/mol. The summed E-state index contributed by atoms with van der Waals surface area (Å²) in [5.41, 5.74) is 3.16. The lowest BCUT2D eigenvalue weighted by Crippen LogP contribution is -2.45. The number of nitrogens with zero attached hydrogens (tertiary/aromatic N) is 3. The first-order chi connectivity index (χ1) is 16.5. The van der Waals surface area contributed by atoms with Crippen LogP contribution in [0.3, 0.4) is 0 Å². The van der Waals surface area contributed by atoms with Crippen molar-refractivity contribution < 1.29 is 14.3 Å². The van der Waals surface area contributed by atoms with Gasteiger partial charge in [-0.25, -0.2) is 0 Å². The van der Waals surface area contributed by atoms with E-state index in [0.29, 0.717) is 41.6 Å². The average molecular weight is 457 g/mol. The predicted molar refractivity (Wildman–Crippen MR) is 130 cm³/mol. The van der Waals surface area contributed by atoms with Gasteiger partial charge in [-0.15, -0.1) is 0 Å². The summed E-state index contributed by atoms with van der Waals surface area (Å²) >= 11 is 0.